The highest BCUT2D eigenvalue weighted by Crippen LogP contribution is 2.41. The van der Waals surface area contributed by atoms with Gasteiger partial charge in [-0.2, -0.15) is 0 Å². The van der Waals surface area contributed by atoms with Crippen molar-refractivity contribution in [2.75, 3.05) is 7.11 Å². The van der Waals surface area contributed by atoms with Gasteiger partial charge in [-0.05, 0) is 48.3 Å². The van der Waals surface area contributed by atoms with Crippen LogP contribution in [0.2, 0.25) is 0 Å². The molecule has 1 atom stereocenters. The summed E-state index contributed by atoms with van der Waals surface area (Å²) in [5.74, 6) is 0.995. The molecule has 0 radical (unpaired) electrons. The minimum absolute atomic E-state index is 0.135. The second-order valence-corrected chi connectivity index (χ2v) is 9.78. The van der Waals surface area contributed by atoms with Gasteiger partial charge in [-0.1, -0.05) is 38.1 Å². The van der Waals surface area contributed by atoms with E-state index in [1.54, 1.807) is 42.7 Å². The number of hydrogen-bond acceptors (Lipinski definition) is 6. The molecule has 6 nitrogen and oxygen atoms in total. The van der Waals surface area contributed by atoms with Gasteiger partial charge in [0.05, 0.1) is 12.5 Å². The molecular weight excluding hydrogens is 386 g/mol. The number of ether oxygens (including phenoxy) is 1. The fraction of sp³-hybridized carbons (Fsp3) is 0.455. The zero-order chi connectivity index (χ0) is 20.8. The Morgan fingerprint density at radius 3 is 2.86 bits per heavy atom. The van der Waals surface area contributed by atoms with Crippen LogP contribution in [-0.4, -0.2) is 27.9 Å². The number of hydrogen-bond donors (Lipinski definition) is 0. The number of ketones is 1. The van der Waals surface area contributed by atoms with E-state index in [4.69, 9.17) is 4.74 Å². The number of nitrogens with zero attached hydrogens (tertiary/aromatic N) is 3. The fourth-order valence-corrected chi connectivity index (χ4v) is 5.23. The van der Waals surface area contributed by atoms with Crippen LogP contribution in [0.5, 0.6) is 5.75 Å². The van der Waals surface area contributed by atoms with Gasteiger partial charge in [0.2, 0.25) is 0 Å². The highest BCUT2D eigenvalue weighted by atomic mass is 32.1. The van der Waals surface area contributed by atoms with Crippen molar-refractivity contribution in [2.45, 2.75) is 46.6 Å². The Bertz CT molecular complexity index is 1140. The number of benzene rings is 1. The van der Waals surface area contributed by atoms with Crippen LogP contribution in [0.3, 0.4) is 0 Å². The third-order valence-electron chi connectivity index (χ3n) is 5.85. The van der Waals surface area contributed by atoms with Crippen LogP contribution < -0.4 is 10.3 Å². The number of rotatable bonds is 4. The largest absolute Gasteiger partial charge is 0.497 e. The number of aromatic nitrogens is 3. The summed E-state index contributed by atoms with van der Waals surface area (Å²) in [5, 5.41) is 8.95. The second kappa shape index (κ2) is 7.37. The van der Waals surface area contributed by atoms with Crippen LogP contribution in [0.4, 0.5) is 0 Å². The standard InChI is InChI=1S/C22H25N3O3S/c1-22(2,3)14-8-9-16-18(11-14)29-20-19(16)21(27)25(24-23-20)12-17(26)13-6-5-7-15(10-13)28-4/h5-7,10,14H,8-9,11-12H2,1-4H3. The van der Waals surface area contributed by atoms with Crippen molar-refractivity contribution in [2.24, 2.45) is 11.3 Å². The molecular formula is C22H25N3O3S. The topological polar surface area (TPSA) is 74.1 Å². The van der Waals surface area contributed by atoms with Crippen LogP contribution in [0, 0.1) is 11.3 Å². The molecule has 3 aromatic rings. The number of aryl methyl sites for hydroxylation is 1. The first-order chi connectivity index (χ1) is 13.8. The first kappa shape index (κ1) is 19.8. The first-order valence-corrected chi connectivity index (χ1v) is 10.6. The smallest absolute Gasteiger partial charge is 0.279 e. The van der Waals surface area contributed by atoms with E-state index >= 15 is 0 Å². The molecule has 0 saturated heterocycles. The average Bonchev–Trinajstić information content (AvgIpc) is 3.08. The predicted octanol–water partition coefficient (Wildman–Crippen LogP) is 3.90. The quantitative estimate of drug-likeness (QED) is 0.609. The van der Waals surface area contributed by atoms with Crippen molar-refractivity contribution in [1.29, 1.82) is 0 Å². The first-order valence-electron chi connectivity index (χ1n) is 9.83. The minimum Gasteiger partial charge on any atom is -0.497 e. The van der Waals surface area contributed by atoms with E-state index in [0.717, 1.165) is 24.8 Å². The molecule has 2 heterocycles. The van der Waals surface area contributed by atoms with Crippen LogP contribution in [0.1, 0.15) is 48.0 Å². The van der Waals surface area contributed by atoms with Crippen molar-refractivity contribution < 1.29 is 9.53 Å². The summed E-state index contributed by atoms with van der Waals surface area (Å²) in [6.07, 6.45) is 2.91. The zero-order valence-corrected chi connectivity index (χ0v) is 18.0. The molecule has 29 heavy (non-hydrogen) atoms. The normalized spacial score (nSPS) is 16.6. The molecule has 0 fully saturated rings. The highest BCUT2D eigenvalue weighted by molar-refractivity contribution is 7.18. The van der Waals surface area contributed by atoms with E-state index < -0.39 is 0 Å². The second-order valence-electron chi connectivity index (χ2n) is 8.70. The molecule has 4 rings (SSSR count). The van der Waals surface area contributed by atoms with Gasteiger partial charge in [0.15, 0.2) is 10.6 Å². The maximum atomic E-state index is 13.1. The van der Waals surface area contributed by atoms with E-state index in [-0.39, 0.29) is 23.3 Å². The molecule has 0 bridgehead atoms. The van der Waals surface area contributed by atoms with Gasteiger partial charge in [-0.3, -0.25) is 9.59 Å². The van der Waals surface area contributed by atoms with Crippen molar-refractivity contribution >= 4 is 27.3 Å². The summed E-state index contributed by atoms with van der Waals surface area (Å²) >= 11 is 1.57. The van der Waals surface area contributed by atoms with Crippen LogP contribution >= 0.6 is 11.3 Å². The van der Waals surface area contributed by atoms with E-state index in [0.29, 0.717) is 27.4 Å². The van der Waals surface area contributed by atoms with Crippen LogP contribution in [-0.2, 0) is 19.4 Å². The molecule has 1 unspecified atom stereocenters. The average molecular weight is 412 g/mol. The van der Waals surface area contributed by atoms with Crippen molar-refractivity contribution in [1.82, 2.24) is 15.0 Å². The van der Waals surface area contributed by atoms with Gasteiger partial charge < -0.3 is 4.74 Å². The van der Waals surface area contributed by atoms with Gasteiger partial charge in [0, 0.05) is 10.4 Å². The minimum atomic E-state index is -0.224. The molecule has 0 spiro atoms. The number of carbonyl (C=O) groups excluding carboxylic acids is 1. The Morgan fingerprint density at radius 1 is 1.34 bits per heavy atom. The van der Waals surface area contributed by atoms with Crippen molar-refractivity contribution in [3.63, 3.8) is 0 Å². The van der Waals surface area contributed by atoms with E-state index in [1.807, 2.05) is 0 Å². The zero-order valence-electron chi connectivity index (χ0n) is 17.2. The third-order valence-corrected chi connectivity index (χ3v) is 6.99. The van der Waals surface area contributed by atoms with Crippen molar-refractivity contribution in [3.05, 3.63) is 50.6 Å². The summed E-state index contributed by atoms with van der Waals surface area (Å²) in [6.45, 7) is 6.68. The molecule has 1 aromatic carbocycles. The predicted molar refractivity (Wildman–Crippen MR) is 114 cm³/mol. The summed E-state index contributed by atoms with van der Waals surface area (Å²) in [7, 11) is 1.55. The number of thiophene rings is 1. The Morgan fingerprint density at radius 2 is 2.14 bits per heavy atom. The van der Waals surface area contributed by atoms with Crippen LogP contribution in [0.25, 0.3) is 10.2 Å². The Balaban J connectivity index is 1.67. The van der Waals surface area contributed by atoms with Gasteiger partial charge in [0.25, 0.3) is 5.56 Å². The van der Waals surface area contributed by atoms with E-state index in [2.05, 4.69) is 31.1 Å². The summed E-state index contributed by atoms with van der Waals surface area (Å²) in [4.78, 5) is 27.7. The summed E-state index contributed by atoms with van der Waals surface area (Å²) < 4.78 is 6.36. The Kier molecular flexibility index (Phi) is 5.02. The van der Waals surface area contributed by atoms with Gasteiger partial charge in [-0.25, -0.2) is 4.68 Å². The monoisotopic (exact) mass is 411 g/mol. The van der Waals surface area contributed by atoms with Gasteiger partial charge in [0.1, 0.15) is 12.3 Å². The maximum Gasteiger partial charge on any atom is 0.279 e. The number of carbonyl (C=O) groups is 1. The summed E-state index contributed by atoms with van der Waals surface area (Å²) in [6, 6.07) is 6.90. The lowest BCUT2D eigenvalue weighted by Gasteiger charge is -2.33. The van der Waals surface area contributed by atoms with Crippen LogP contribution in [0.15, 0.2) is 29.1 Å². The molecule has 1 aliphatic rings. The maximum absolute atomic E-state index is 13.1. The fourth-order valence-electron chi connectivity index (χ4n) is 3.99. The number of Topliss-reactive ketones (excluding diaryl/α,β-unsaturated/α-hetero) is 1. The molecule has 1 aliphatic carbocycles. The molecule has 0 saturated carbocycles. The summed E-state index contributed by atoms with van der Waals surface area (Å²) in [5.41, 5.74) is 1.60. The lowest BCUT2D eigenvalue weighted by Crippen LogP contribution is -2.29. The van der Waals surface area contributed by atoms with E-state index in [1.165, 1.54) is 9.56 Å². The molecule has 2 aromatic heterocycles. The Labute approximate surface area is 173 Å². The molecule has 0 aliphatic heterocycles. The lowest BCUT2D eigenvalue weighted by molar-refractivity contribution is 0.0964. The third kappa shape index (κ3) is 3.71. The SMILES string of the molecule is COc1cccc(C(=O)Cn2nnc3sc4c(c3c2=O)CCC(C(C)(C)C)C4)c1. The Hall–Kier alpha value is -2.54. The highest BCUT2D eigenvalue weighted by Gasteiger charge is 2.32. The molecule has 152 valence electrons. The molecule has 7 heteroatoms. The number of fused-ring (bicyclic) bond motifs is 3. The molecule has 0 amide bonds. The van der Waals surface area contributed by atoms with Crippen molar-refractivity contribution in [3.8, 4) is 5.75 Å². The molecule has 0 N–H and O–H groups in total. The van der Waals surface area contributed by atoms with Gasteiger partial charge in [-0.15, -0.1) is 16.4 Å². The van der Waals surface area contributed by atoms with E-state index in [9.17, 15) is 9.59 Å². The number of methoxy groups -OCH3 is 1. The van der Waals surface area contributed by atoms with Gasteiger partial charge >= 0.3 is 0 Å². The lowest BCUT2D eigenvalue weighted by atomic mass is 9.72.